The van der Waals surface area contributed by atoms with Gasteiger partial charge in [0.1, 0.15) is 5.75 Å². The van der Waals surface area contributed by atoms with Gasteiger partial charge in [0.2, 0.25) is 0 Å². The Hall–Kier alpha value is 0.330. The van der Waals surface area contributed by atoms with Gasteiger partial charge in [0.25, 0.3) is 0 Å². The standard InChI is InChI=1S/C11H13Br2O3P/c1-11(2)6-14-17(15-7-11)16-10-4-8(12)3-9(13)5-10/h3-5H,6-7H2,1-2H3. The summed E-state index contributed by atoms with van der Waals surface area (Å²) in [5.41, 5.74) is 0.0695. The summed E-state index contributed by atoms with van der Waals surface area (Å²) in [5.74, 6) is 0.733. The predicted molar refractivity (Wildman–Crippen MR) is 75.1 cm³/mol. The lowest BCUT2D eigenvalue weighted by Crippen LogP contribution is -2.28. The Balaban J connectivity index is 1.97. The third-order valence-corrected chi connectivity index (χ3v) is 4.09. The van der Waals surface area contributed by atoms with Crippen LogP contribution in [0.3, 0.4) is 0 Å². The second-order valence-corrected chi connectivity index (χ2v) is 7.61. The lowest BCUT2D eigenvalue weighted by Gasteiger charge is -2.32. The predicted octanol–water partition coefficient (Wildman–Crippen LogP) is 4.89. The van der Waals surface area contributed by atoms with Crippen LogP contribution in [0.4, 0.5) is 0 Å². The molecular weight excluding hydrogens is 371 g/mol. The SMILES string of the molecule is CC1(C)COP(Oc2cc(Br)cc(Br)c2)OC1. The molecule has 0 spiro atoms. The lowest BCUT2D eigenvalue weighted by atomic mass is 9.97. The van der Waals surface area contributed by atoms with Crippen LogP contribution in [0.25, 0.3) is 0 Å². The minimum atomic E-state index is -1.27. The van der Waals surface area contributed by atoms with E-state index in [0.29, 0.717) is 13.2 Å². The second-order valence-electron chi connectivity index (χ2n) is 4.63. The molecule has 0 aliphatic carbocycles. The fourth-order valence-electron chi connectivity index (χ4n) is 1.25. The fraction of sp³-hybridized carbons (Fsp3) is 0.455. The third kappa shape index (κ3) is 4.18. The van der Waals surface area contributed by atoms with Gasteiger partial charge in [-0.15, -0.1) is 0 Å². The minimum absolute atomic E-state index is 0.0695. The maximum Gasteiger partial charge on any atom is 0.397 e. The van der Waals surface area contributed by atoms with Crippen molar-refractivity contribution < 1.29 is 13.6 Å². The number of benzene rings is 1. The highest BCUT2D eigenvalue weighted by molar-refractivity contribution is 9.11. The first-order chi connectivity index (χ1) is 7.94. The zero-order chi connectivity index (χ0) is 12.5. The topological polar surface area (TPSA) is 27.7 Å². The molecule has 1 aromatic carbocycles. The molecule has 94 valence electrons. The molecule has 1 fully saturated rings. The average Bonchev–Trinajstić information content (AvgIpc) is 2.20. The van der Waals surface area contributed by atoms with Gasteiger partial charge in [-0.3, -0.25) is 0 Å². The summed E-state index contributed by atoms with van der Waals surface area (Å²) in [4.78, 5) is 0. The van der Waals surface area contributed by atoms with Gasteiger partial charge in [-0.2, -0.15) is 0 Å². The maximum absolute atomic E-state index is 5.67. The molecule has 1 aliphatic rings. The van der Waals surface area contributed by atoms with Crippen molar-refractivity contribution in [1.29, 1.82) is 0 Å². The highest BCUT2D eigenvalue weighted by Crippen LogP contribution is 2.47. The molecule has 1 heterocycles. The molecule has 0 bridgehead atoms. The van der Waals surface area contributed by atoms with Gasteiger partial charge in [0.15, 0.2) is 0 Å². The van der Waals surface area contributed by atoms with Gasteiger partial charge in [0, 0.05) is 14.4 Å². The Labute approximate surface area is 119 Å². The third-order valence-electron chi connectivity index (χ3n) is 2.14. The van der Waals surface area contributed by atoms with Crippen LogP contribution in [0.5, 0.6) is 5.75 Å². The highest BCUT2D eigenvalue weighted by Gasteiger charge is 2.31. The first-order valence-corrected chi connectivity index (χ1v) is 7.83. The van der Waals surface area contributed by atoms with Gasteiger partial charge in [-0.05, 0) is 18.2 Å². The summed E-state index contributed by atoms with van der Waals surface area (Å²) in [7, 11) is -1.27. The molecule has 1 aliphatic heterocycles. The van der Waals surface area contributed by atoms with E-state index in [1.54, 1.807) is 0 Å². The van der Waals surface area contributed by atoms with E-state index in [2.05, 4.69) is 45.7 Å². The Morgan fingerprint density at radius 3 is 2.18 bits per heavy atom. The van der Waals surface area contributed by atoms with Gasteiger partial charge in [-0.1, -0.05) is 45.7 Å². The van der Waals surface area contributed by atoms with Crippen molar-refractivity contribution in [1.82, 2.24) is 0 Å². The molecular formula is C11H13Br2O3P. The van der Waals surface area contributed by atoms with E-state index in [0.717, 1.165) is 14.7 Å². The largest absolute Gasteiger partial charge is 0.427 e. The maximum atomic E-state index is 5.67. The Morgan fingerprint density at radius 2 is 1.65 bits per heavy atom. The van der Waals surface area contributed by atoms with Gasteiger partial charge in [-0.25, -0.2) is 0 Å². The summed E-state index contributed by atoms with van der Waals surface area (Å²) >= 11 is 6.82. The quantitative estimate of drug-likeness (QED) is 0.680. The van der Waals surface area contributed by atoms with Crippen LogP contribution in [0.15, 0.2) is 27.1 Å². The van der Waals surface area contributed by atoms with Crippen molar-refractivity contribution in [2.75, 3.05) is 13.2 Å². The van der Waals surface area contributed by atoms with Crippen LogP contribution in [0, 0.1) is 5.41 Å². The Kier molecular flexibility index (Phi) is 4.48. The second kappa shape index (κ2) is 5.54. The molecule has 0 saturated carbocycles. The molecule has 0 unspecified atom stereocenters. The van der Waals surface area contributed by atoms with E-state index in [9.17, 15) is 0 Å². The van der Waals surface area contributed by atoms with Crippen molar-refractivity contribution in [2.24, 2.45) is 5.41 Å². The number of rotatable bonds is 2. The highest BCUT2D eigenvalue weighted by atomic mass is 79.9. The Bertz CT molecular complexity index is 381. The van der Waals surface area contributed by atoms with Crippen LogP contribution in [-0.2, 0) is 9.05 Å². The van der Waals surface area contributed by atoms with Crippen molar-refractivity contribution in [2.45, 2.75) is 13.8 Å². The Morgan fingerprint density at radius 1 is 1.12 bits per heavy atom. The first kappa shape index (κ1) is 13.8. The van der Waals surface area contributed by atoms with Crippen molar-refractivity contribution >= 4 is 40.5 Å². The molecule has 0 N–H and O–H groups in total. The van der Waals surface area contributed by atoms with E-state index in [1.807, 2.05) is 18.2 Å². The van der Waals surface area contributed by atoms with Crippen LogP contribution in [-0.4, -0.2) is 13.2 Å². The zero-order valence-electron chi connectivity index (χ0n) is 9.57. The molecule has 2 rings (SSSR count). The van der Waals surface area contributed by atoms with E-state index in [4.69, 9.17) is 13.6 Å². The lowest BCUT2D eigenvalue weighted by molar-refractivity contribution is 0.0426. The van der Waals surface area contributed by atoms with E-state index in [-0.39, 0.29) is 5.41 Å². The normalized spacial score (nSPS) is 20.2. The smallest absolute Gasteiger partial charge is 0.397 e. The molecule has 0 aromatic heterocycles. The molecule has 0 amide bonds. The summed E-state index contributed by atoms with van der Waals surface area (Å²) < 4.78 is 18.7. The summed E-state index contributed by atoms with van der Waals surface area (Å²) in [6.45, 7) is 5.53. The van der Waals surface area contributed by atoms with Gasteiger partial charge in [0.05, 0.1) is 13.2 Å². The fourth-order valence-corrected chi connectivity index (χ4v) is 3.87. The molecule has 1 aromatic rings. The van der Waals surface area contributed by atoms with Gasteiger partial charge < -0.3 is 13.6 Å². The monoisotopic (exact) mass is 382 g/mol. The summed E-state index contributed by atoms with van der Waals surface area (Å²) in [5, 5.41) is 0. The van der Waals surface area contributed by atoms with Crippen molar-refractivity contribution in [3.8, 4) is 5.75 Å². The molecule has 3 nitrogen and oxygen atoms in total. The van der Waals surface area contributed by atoms with E-state index >= 15 is 0 Å². The summed E-state index contributed by atoms with van der Waals surface area (Å²) in [6.07, 6.45) is 0. The van der Waals surface area contributed by atoms with E-state index < -0.39 is 8.60 Å². The molecule has 0 atom stereocenters. The van der Waals surface area contributed by atoms with E-state index in [1.165, 1.54) is 0 Å². The van der Waals surface area contributed by atoms with Crippen LogP contribution in [0.2, 0.25) is 0 Å². The van der Waals surface area contributed by atoms with Crippen LogP contribution < -0.4 is 4.52 Å². The zero-order valence-corrected chi connectivity index (χ0v) is 13.6. The van der Waals surface area contributed by atoms with Crippen molar-refractivity contribution in [3.05, 3.63) is 27.1 Å². The molecule has 0 radical (unpaired) electrons. The number of hydrogen-bond acceptors (Lipinski definition) is 3. The van der Waals surface area contributed by atoms with Gasteiger partial charge >= 0.3 is 8.60 Å². The minimum Gasteiger partial charge on any atom is -0.427 e. The molecule has 6 heteroatoms. The summed E-state index contributed by atoms with van der Waals surface area (Å²) in [6, 6.07) is 5.73. The number of halogens is 2. The van der Waals surface area contributed by atoms with Crippen LogP contribution >= 0.6 is 40.5 Å². The molecule has 17 heavy (non-hydrogen) atoms. The van der Waals surface area contributed by atoms with Crippen LogP contribution in [0.1, 0.15) is 13.8 Å². The van der Waals surface area contributed by atoms with Crippen molar-refractivity contribution in [3.63, 3.8) is 0 Å². The molecule has 1 saturated heterocycles. The average molecular weight is 384 g/mol. The first-order valence-electron chi connectivity index (χ1n) is 5.15. The number of hydrogen-bond donors (Lipinski definition) is 0.